The van der Waals surface area contributed by atoms with Crippen molar-refractivity contribution in [1.29, 1.82) is 0 Å². The minimum absolute atomic E-state index is 0.0463. The average molecular weight is 475 g/mol. The summed E-state index contributed by atoms with van der Waals surface area (Å²) in [6.45, 7) is 1.43. The second-order valence-corrected chi connectivity index (χ2v) is 10.7. The molecule has 0 saturated heterocycles. The molecule has 4 heterocycles. The van der Waals surface area contributed by atoms with Crippen LogP contribution in [0.1, 0.15) is 50.0 Å². The number of aryl methyl sites for hydroxylation is 1. The molecule has 32 heavy (non-hydrogen) atoms. The Labute approximate surface area is 195 Å². The Bertz CT molecular complexity index is 1050. The van der Waals surface area contributed by atoms with E-state index < -0.39 is 10.8 Å². The Balaban J connectivity index is 1.45. The number of halogens is 1. The summed E-state index contributed by atoms with van der Waals surface area (Å²) in [6, 6.07) is 0. The number of nitrogens with one attached hydrogen (secondary N) is 1. The van der Waals surface area contributed by atoms with Crippen LogP contribution < -0.4 is 10.2 Å². The molecule has 0 radical (unpaired) electrons. The van der Waals surface area contributed by atoms with Gasteiger partial charge in [0.05, 0.1) is 33.7 Å². The number of aliphatic hydroxyl groups is 1. The van der Waals surface area contributed by atoms with Crippen LogP contribution in [0.15, 0.2) is 23.4 Å². The van der Waals surface area contributed by atoms with Gasteiger partial charge in [-0.25, -0.2) is 15.0 Å². The van der Waals surface area contributed by atoms with Crippen molar-refractivity contribution < 1.29 is 9.32 Å². The van der Waals surface area contributed by atoms with E-state index in [1.165, 1.54) is 0 Å². The third-order valence-electron chi connectivity index (χ3n) is 6.54. The normalized spacial score (nSPS) is 22.4. The van der Waals surface area contributed by atoms with E-state index in [0.29, 0.717) is 34.9 Å². The number of nitrogens with zero attached hydrogens (tertiary/aromatic N) is 5. The zero-order chi connectivity index (χ0) is 22.1. The molecule has 2 aromatic rings. The van der Waals surface area contributed by atoms with Gasteiger partial charge in [0.1, 0.15) is 10.7 Å². The Morgan fingerprint density at radius 1 is 1.16 bits per heavy atom. The fourth-order valence-electron chi connectivity index (χ4n) is 4.46. The molecule has 2 N–H and O–H groups in total. The van der Waals surface area contributed by atoms with Crippen molar-refractivity contribution in [3.8, 4) is 0 Å². The highest BCUT2D eigenvalue weighted by Crippen LogP contribution is 2.38. The van der Waals surface area contributed by atoms with Crippen LogP contribution in [0, 0.1) is 0 Å². The number of rotatable bonds is 5. The second kappa shape index (κ2) is 9.03. The zero-order valence-corrected chi connectivity index (χ0v) is 19.5. The van der Waals surface area contributed by atoms with Crippen molar-refractivity contribution in [2.24, 2.45) is 0 Å². The smallest absolute Gasteiger partial charge is 0.227 e. The third-order valence-corrected chi connectivity index (χ3v) is 8.28. The van der Waals surface area contributed by atoms with Crippen molar-refractivity contribution in [2.75, 3.05) is 35.7 Å². The van der Waals surface area contributed by atoms with Gasteiger partial charge < -0.3 is 15.3 Å². The Hall–Kier alpha value is -2.10. The fraction of sp³-hybridized carbons (Fsp3) is 0.545. The van der Waals surface area contributed by atoms with Crippen LogP contribution in [0.2, 0.25) is 5.02 Å². The quantitative estimate of drug-likeness (QED) is 0.681. The highest BCUT2D eigenvalue weighted by atomic mass is 35.5. The molecule has 8 nitrogen and oxygen atoms in total. The van der Waals surface area contributed by atoms with Gasteiger partial charge in [-0.05, 0) is 50.5 Å². The first-order chi connectivity index (χ1) is 15.6. The van der Waals surface area contributed by atoms with Crippen LogP contribution in [-0.2, 0) is 17.2 Å². The van der Waals surface area contributed by atoms with Crippen molar-refractivity contribution in [3.63, 3.8) is 0 Å². The van der Waals surface area contributed by atoms with E-state index in [-0.39, 0.29) is 12.1 Å². The van der Waals surface area contributed by atoms with Crippen LogP contribution in [-0.4, -0.2) is 60.2 Å². The fourth-order valence-corrected chi connectivity index (χ4v) is 5.95. The number of anilines is 2. The van der Waals surface area contributed by atoms with Crippen LogP contribution in [0.4, 0.5) is 11.8 Å². The van der Waals surface area contributed by atoms with Crippen LogP contribution in [0.5, 0.6) is 0 Å². The first kappa shape index (κ1) is 21.7. The minimum Gasteiger partial charge on any atom is -0.394 e. The van der Waals surface area contributed by atoms with E-state index in [4.69, 9.17) is 21.6 Å². The molecule has 170 valence electrons. The Morgan fingerprint density at radius 2 is 1.97 bits per heavy atom. The summed E-state index contributed by atoms with van der Waals surface area (Å²) >= 11 is 5.91. The molecule has 1 unspecified atom stereocenters. The van der Waals surface area contributed by atoms with E-state index >= 15 is 0 Å². The summed E-state index contributed by atoms with van der Waals surface area (Å²) in [5, 5.41) is 14.0. The first-order valence-corrected chi connectivity index (χ1v) is 12.9. The maximum atomic E-state index is 13.0. The van der Waals surface area contributed by atoms with Crippen molar-refractivity contribution in [2.45, 2.75) is 55.4 Å². The highest BCUT2D eigenvalue weighted by Gasteiger charge is 2.38. The molecule has 1 aliphatic carbocycles. The molecule has 2 aromatic heterocycles. The van der Waals surface area contributed by atoms with E-state index in [2.05, 4.69) is 26.3 Å². The molecule has 2 aliphatic heterocycles. The van der Waals surface area contributed by atoms with Gasteiger partial charge in [-0.15, -0.1) is 0 Å². The molecule has 0 aromatic carbocycles. The number of hydrogen-bond donors (Lipinski definition) is 2. The molecule has 1 saturated carbocycles. The van der Waals surface area contributed by atoms with Gasteiger partial charge in [0.25, 0.3) is 0 Å². The number of fused-ring (bicyclic) bond motifs is 1. The minimum atomic E-state index is -1.13. The summed E-state index contributed by atoms with van der Waals surface area (Å²) in [4.78, 5) is 21.2. The average Bonchev–Trinajstić information content (AvgIpc) is 2.98. The monoisotopic (exact) mass is 474 g/mol. The lowest BCUT2D eigenvalue weighted by atomic mass is 9.77. The third kappa shape index (κ3) is 4.25. The lowest BCUT2D eigenvalue weighted by Gasteiger charge is -2.42. The summed E-state index contributed by atoms with van der Waals surface area (Å²) in [6.07, 6.45) is 11.6. The van der Waals surface area contributed by atoms with Crippen LogP contribution in [0.3, 0.4) is 0 Å². The number of aromatic nitrogens is 4. The summed E-state index contributed by atoms with van der Waals surface area (Å²) in [5.41, 5.74) is 1.59. The molecule has 0 bridgehead atoms. The van der Waals surface area contributed by atoms with Gasteiger partial charge in [0, 0.05) is 31.2 Å². The summed E-state index contributed by atoms with van der Waals surface area (Å²) < 4.78 is 13.0. The largest absolute Gasteiger partial charge is 0.394 e. The molecule has 5 rings (SSSR count). The van der Waals surface area contributed by atoms with Gasteiger partial charge in [-0.2, -0.15) is 4.98 Å². The van der Waals surface area contributed by atoms with Crippen LogP contribution >= 0.6 is 11.6 Å². The maximum Gasteiger partial charge on any atom is 0.227 e. The SMILES string of the molecule is O=S1CCCCc2nc(N3CC=C(c4ncc(Cl)cn4)CC3)nc(NC3(CO)CCC3)c21. The molecule has 1 atom stereocenters. The molecule has 1 fully saturated rings. The highest BCUT2D eigenvalue weighted by molar-refractivity contribution is 7.85. The molecular weight excluding hydrogens is 448 g/mol. The van der Waals surface area contributed by atoms with Crippen molar-refractivity contribution >= 4 is 39.7 Å². The molecule has 0 amide bonds. The topological polar surface area (TPSA) is 104 Å². The van der Waals surface area contributed by atoms with Crippen LogP contribution in [0.25, 0.3) is 5.57 Å². The maximum absolute atomic E-state index is 13.0. The van der Waals surface area contributed by atoms with Gasteiger partial charge in [0.15, 0.2) is 5.82 Å². The molecular formula is C22H27ClN6O2S. The van der Waals surface area contributed by atoms with E-state index in [0.717, 1.165) is 67.7 Å². The number of hydrogen-bond acceptors (Lipinski definition) is 8. The van der Waals surface area contributed by atoms with Crippen molar-refractivity contribution in [3.05, 3.63) is 35.0 Å². The molecule has 10 heteroatoms. The molecule has 0 spiro atoms. The molecule has 3 aliphatic rings. The van der Waals surface area contributed by atoms with E-state index in [1.54, 1.807) is 12.4 Å². The van der Waals surface area contributed by atoms with Gasteiger partial charge in [0.2, 0.25) is 5.95 Å². The predicted octanol–water partition coefficient (Wildman–Crippen LogP) is 2.98. The lowest BCUT2D eigenvalue weighted by molar-refractivity contribution is 0.143. The number of aliphatic hydroxyl groups excluding tert-OH is 1. The summed E-state index contributed by atoms with van der Waals surface area (Å²) in [7, 11) is -1.13. The van der Waals surface area contributed by atoms with Gasteiger partial charge in [-0.3, -0.25) is 4.21 Å². The second-order valence-electron chi connectivity index (χ2n) is 8.72. The first-order valence-electron chi connectivity index (χ1n) is 11.2. The Morgan fingerprint density at radius 3 is 2.62 bits per heavy atom. The standard InChI is InChI=1S/C22H27ClN6O2S/c23-16-12-24-19(25-13-16)15-5-9-29(10-6-15)21-26-17-4-1-2-11-32(31)18(17)20(27-21)28-22(14-30)7-3-8-22/h5,12-13,30H,1-4,6-11,14H2,(H,26,27,28). The van der Waals surface area contributed by atoms with Gasteiger partial charge >= 0.3 is 0 Å². The Kier molecular flexibility index (Phi) is 6.14. The zero-order valence-electron chi connectivity index (χ0n) is 17.9. The lowest BCUT2D eigenvalue weighted by Crippen LogP contribution is -2.49. The van der Waals surface area contributed by atoms with E-state index in [9.17, 15) is 9.32 Å². The van der Waals surface area contributed by atoms with Gasteiger partial charge in [-0.1, -0.05) is 17.7 Å². The van der Waals surface area contributed by atoms with E-state index in [1.807, 2.05) is 0 Å². The van der Waals surface area contributed by atoms with Crippen molar-refractivity contribution in [1.82, 2.24) is 19.9 Å². The summed E-state index contributed by atoms with van der Waals surface area (Å²) in [5.74, 6) is 2.61. The predicted molar refractivity (Wildman–Crippen MR) is 125 cm³/mol.